The smallest absolute Gasteiger partial charge is 0.258 e. The molecule has 0 unspecified atom stereocenters. The monoisotopic (exact) mass is 289 g/mol. The summed E-state index contributed by atoms with van der Waals surface area (Å²) in [6.45, 7) is 3.74. The second-order valence-electron chi connectivity index (χ2n) is 6.25. The van der Waals surface area contributed by atoms with Crippen molar-refractivity contribution in [2.24, 2.45) is 0 Å². The molecule has 1 N–H and O–H groups in total. The third kappa shape index (κ3) is 3.35. The highest BCUT2D eigenvalue weighted by molar-refractivity contribution is 6.00. The first-order valence-electron chi connectivity index (χ1n) is 7.21. The van der Waals surface area contributed by atoms with Gasteiger partial charge in [0.1, 0.15) is 17.1 Å². The number of carbonyl (C=O) groups excluding carboxylic acids is 2. The van der Waals surface area contributed by atoms with Crippen molar-refractivity contribution in [3.05, 3.63) is 23.8 Å². The van der Waals surface area contributed by atoms with Crippen molar-refractivity contribution >= 4 is 11.7 Å². The van der Waals surface area contributed by atoms with Gasteiger partial charge in [-0.2, -0.15) is 0 Å². The summed E-state index contributed by atoms with van der Waals surface area (Å²) in [7, 11) is 0. The average Bonchev–Trinajstić information content (AvgIpc) is 3.18. The maximum Gasteiger partial charge on any atom is 0.258 e. The van der Waals surface area contributed by atoms with E-state index < -0.39 is 5.60 Å². The Morgan fingerprint density at radius 1 is 1.43 bits per heavy atom. The van der Waals surface area contributed by atoms with Crippen LogP contribution in [0.1, 0.15) is 43.5 Å². The molecule has 1 fully saturated rings. The van der Waals surface area contributed by atoms with Crippen LogP contribution in [0.4, 0.5) is 0 Å². The highest BCUT2D eigenvalue weighted by atomic mass is 16.5. The van der Waals surface area contributed by atoms with Crippen LogP contribution in [-0.4, -0.2) is 29.9 Å². The Hall–Kier alpha value is -2.04. The molecule has 2 aliphatic rings. The van der Waals surface area contributed by atoms with Gasteiger partial charge in [0.2, 0.25) is 0 Å². The molecule has 1 aromatic carbocycles. The Balaban J connectivity index is 1.67. The lowest BCUT2D eigenvalue weighted by atomic mass is 9.93. The normalized spacial score (nSPS) is 19.4. The Morgan fingerprint density at radius 3 is 2.90 bits per heavy atom. The Labute approximate surface area is 123 Å². The van der Waals surface area contributed by atoms with Gasteiger partial charge in [0, 0.05) is 12.1 Å². The Kier molecular flexibility index (Phi) is 3.35. The molecule has 0 aromatic heterocycles. The van der Waals surface area contributed by atoms with E-state index in [1.807, 2.05) is 13.8 Å². The van der Waals surface area contributed by atoms with E-state index in [1.165, 1.54) is 0 Å². The zero-order chi connectivity index (χ0) is 15.0. The first-order valence-corrected chi connectivity index (χ1v) is 7.21. The minimum absolute atomic E-state index is 0.0212. The van der Waals surface area contributed by atoms with Crippen LogP contribution >= 0.6 is 0 Å². The molecular weight excluding hydrogens is 270 g/mol. The molecule has 0 radical (unpaired) electrons. The molecular formula is C16H19NO4. The highest BCUT2D eigenvalue weighted by Gasteiger charge is 2.32. The SMILES string of the molecule is CC1(C)CC(=O)c2ccc(OCC(=O)NC3CC3)cc2O1. The second-order valence-corrected chi connectivity index (χ2v) is 6.25. The molecule has 21 heavy (non-hydrogen) atoms. The molecule has 3 rings (SSSR count). The lowest BCUT2D eigenvalue weighted by Crippen LogP contribution is -2.35. The zero-order valence-corrected chi connectivity index (χ0v) is 12.3. The number of rotatable bonds is 4. The largest absolute Gasteiger partial charge is 0.486 e. The number of amides is 1. The van der Waals surface area contributed by atoms with Crippen LogP contribution in [0.5, 0.6) is 11.5 Å². The van der Waals surface area contributed by atoms with Crippen LogP contribution in [0.15, 0.2) is 18.2 Å². The topological polar surface area (TPSA) is 64.6 Å². The quantitative estimate of drug-likeness (QED) is 0.921. The van der Waals surface area contributed by atoms with Gasteiger partial charge in [0.25, 0.3) is 5.91 Å². The number of hydrogen-bond donors (Lipinski definition) is 1. The minimum Gasteiger partial charge on any atom is -0.486 e. The van der Waals surface area contributed by atoms with Crippen LogP contribution in [0.3, 0.4) is 0 Å². The summed E-state index contributed by atoms with van der Waals surface area (Å²) in [5.41, 5.74) is 0.0654. The summed E-state index contributed by atoms with van der Waals surface area (Å²) in [6, 6.07) is 5.40. The van der Waals surface area contributed by atoms with Crippen molar-refractivity contribution in [3.63, 3.8) is 0 Å². The Bertz CT molecular complexity index is 590. The highest BCUT2D eigenvalue weighted by Crippen LogP contribution is 2.35. The Morgan fingerprint density at radius 2 is 2.19 bits per heavy atom. The first-order chi connectivity index (χ1) is 9.93. The average molecular weight is 289 g/mol. The van der Waals surface area contributed by atoms with Gasteiger partial charge in [-0.05, 0) is 38.8 Å². The van der Waals surface area contributed by atoms with Gasteiger partial charge in [-0.3, -0.25) is 9.59 Å². The summed E-state index contributed by atoms with van der Waals surface area (Å²) in [4.78, 5) is 23.6. The van der Waals surface area contributed by atoms with E-state index in [0.717, 1.165) is 12.8 Å². The molecule has 1 amide bonds. The van der Waals surface area contributed by atoms with Crippen molar-refractivity contribution in [2.75, 3.05) is 6.61 Å². The molecule has 0 bridgehead atoms. The van der Waals surface area contributed by atoms with E-state index in [-0.39, 0.29) is 18.3 Å². The van der Waals surface area contributed by atoms with Crippen LogP contribution in [0.25, 0.3) is 0 Å². The van der Waals surface area contributed by atoms with Gasteiger partial charge in [0.15, 0.2) is 12.4 Å². The third-order valence-electron chi connectivity index (χ3n) is 3.54. The zero-order valence-electron chi connectivity index (χ0n) is 12.3. The molecule has 5 nitrogen and oxygen atoms in total. The van der Waals surface area contributed by atoms with Crippen molar-refractivity contribution < 1.29 is 19.1 Å². The van der Waals surface area contributed by atoms with Gasteiger partial charge in [-0.1, -0.05) is 0 Å². The predicted octanol–water partition coefficient (Wildman–Crippen LogP) is 2.09. The molecule has 1 heterocycles. The molecule has 1 aliphatic heterocycles. The fraction of sp³-hybridized carbons (Fsp3) is 0.500. The predicted molar refractivity (Wildman–Crippen MR) is 76.8 cm³/mol. The van der Waals surface area contributed by atoms with E-state index in [4.69, 9.17) is 9.47 Å². The van der Waals surface area contributed by atoms with E-state index in [2.05, 4.69) is 5.32 Å². The van der Waals surface area contributed by atoms with Crippen molar-refractivity contribution in [1.29, 1.82) is 0 Å². The van der Waals surface area contributed by atoms with Crippen LogP contribution in [0, 0.1) is 0 Å². The number of hydrogen-bond acceptors (Lipinski definition) is 4. The second kappa shape index (κ2) is 5.06. The van der Waals surface area contributed by atoms with Gasteiger partial charge >= 0.3 is 0 Å². The summed E-state index contributed by atoms with van der Waals surface area (Å²) in [6.07, 6.45) is 2.47. The number of carbonyl (C=O) groups is 2. The molecule has 1 aliphatic carbocycles. The molecule has 0 spiro atoms. The fourth-order valence-corrected chi connectivity index (χ4v) is 2.37. The molecule has 1 aromatic rings. The lowest BCUT2D eigenvalue weighted by molar-refractivity contribution is -0.123. The summed E-state index contributed by atoms with van der Waals surface area (Å²) < 4.78 is 11.3. The van der Waals surface area contributed by atoms with Crippen molar-refractivity contribution in [3.8, 4) is 11.5 Å². The summed E-state index contributed by atoms with van der Waals surface area (Å²) in [5, 5.41) is 2.86. The molecule has 5 heteroatoms. The van der Waals surface area contributed by atoms with E-state index in [1.54, 1.807) is 18.2 Å². The summed E-state index contributed by atoms with van der Waals surface area (Å²) >= 11 is 0. The van der Waals surface area contributed by atoms with Gasteiger partial charge in [0.05, 0.1) is 12.0 Å². The van der Waals surface area contributed by atoms with Gasteiger partial charge in [-0.15, -0.1) is 0 Å². The van der Waals surface area contributed by atoms with Gasteiger partial charge < -0.3 is 14.8 Å². The fourth-order valence-electron chi connectivity index (χ4n) is 2.37. The standard InChI is InChI=1S/C16H19NO4/c1-16(2)8-13(18)12-6-5-11(7-14(12)21-16)20-9-15(19)17-10-3-4-10/h5-7,10H,3-4,8-9H2,1-2H3,(H,17,19). The van der Waals surface area contributed by atoms with Crippen LogP contribution in [0.2, 0.25) is 0 Å². The lowest BCUT2D eigenvalue weighted by Gasteiger charge is -2.31. The number of ketones is 1. The van der Waals surface area contributed by atoms with Crippen molar-refractivity contribution in [2.45, 2.75) is 44.8 Å². The first kappa shape index (κ1) is 13.9. The van der Waals surface area contributed by atoms with Crippen LogP contribution in [-0.2, 0) is 4.79 Å². The summed E-state index contributed by atoms with van der Waals surface area (Å²) in [5.74, 6) is 1.01. The number of Topliss-reactive ketones (excluding diaryl/α,β-unsaturated/α-hetero) is 1. The third-order valence-corrected chi connectivity index (χ3v) is 3.54. The maximum atomic E-state index is 12.0. The van der Waals surface area contributed by atoms with E-state index >= 15 is 0 Å². The van der Waals surface area contributed by atoms with E-state index in [0.29, 0.717) is 29.5 Å². The van der Waals surface area contributed by atoms with Gasteiger partial charge in [-0.25, -0.2) is 0 Å². The number of fused-ring (bicyclic) bond motifs is 1. The molecule has 112 valence electrons. The molecule has 0 atom stereocenters. The molecule has 1 saturated carbocycles. The maximum absolute atomic E-state index is 12.0. The van der Waals surface area contributed by atoms with Crippen molar-refractivity contribution in [1.82, 2.24) is 5.32 Å². The number of benzene rings is 1. The van der Waals surface area contributed by atoms with E-state index in [9.17, 15) is 9.59 Å². The van der Waals surface area contributed by atoms with Crippen LogP contribution < -0.4 is 14.8 Å². The number of nitrogens with one attached hydrogen (secondary N) is 1. The minimum atomic E-state index is -0.508. The molecule has 0 saturated heterocycles. The number of ether oxygens (including phenoxy) is 2.